The van der Waals surface area contributed by atoms with Crippen molar-refractivity contribution in [2.45, 2.75) is 33.1 Å². The fourth-order valence-electron chi connectivity index (χ4n) is 3.12. The van der Waals surface area contributed by atoms with E-state index in [0.29, 0.717) is 36.5 Å². The normalized spacial score (nSPS) is 19.0. The smallest absolute Gasteiger partial charge is 0.307 e. The number of hydrogen-bond donors (Lipinski definition) is 3. The zero-order valence-corrected chi connectivity index (χ0v) is 15.1. The summed E-state index contributed by atoms with van der Waals surface area (Å²) >= 11 is 0. The molecular formula is C18H21N5O4. The molecule has 2 aromatic rings. The van der Waals surface area contributed by atoms with Gasteiger partial charge in [0.15, 0.2) is 0 Å². The van der Waals surface area contributed by atoms with Crippen LogP contribution < -0.4 is 10.9 Å². The van der Waals surface area contributed by atoms with Crippen molar-refractivity contribution < 1.29 is 14.7 Å². The number of allylic oxidation sites excluding steroid dienone is 2. The summed E-state index contributed by atoms with van der Waals surface area (Å²) in [4.78, 5) is 43.0. The number of carboxylic acids is 1. The molecule has 2 atom stereocenters. The maximum absolute atomic E-state index is 12.7. The van der Waals surface area contributed by atoms with E-state index in [-0.39, 0.29) is 11.5 Å². The third-order valence-corrected chi connectivity index (χ3v) is 4.51. The summed E-state index contributed by atoms with van der Waals surface area (Å²) in [6, 6.07) is 3.05. The molecule has 0 spiro atoms. The highest BCUT2D eigenvalue weighted by Crippen LogP contribution is 2.27. The number of H-pyrrole nitrogens is 1. The number of aliphatic carboxylic acids is 1. The SMILES string of the molecule is CCc1cc(=O)[nH]c(-n2nc(C)cc2NC(=O)[C@@H]2CC=CC[C@@H]2C(=O)O)n1. The molecule has 9 nitrogen and oxygen atoms in total. The molecule has 142 valence electrons. The van der Waals surface area contributed by atoms with Gasteiger partial charge in [-0.3, -0.25) is 19.4 Å². The minimum absolute atomic E-state index is 0.195. The first-order valence-corrected chi connectivity index (χ1v) is 8.75. The van der Waals surface area contributed by atoms with Crippen LogP contribution in [0.25, 0.3) is 5.95 Å². The molecule has 3 N–H and O–H groups in total. The summed E-state index contributed by atoms with van der Waals surface area (Å²) in [5, 5.41) is 16.4. The Balaban J connectivity index is 1.91. The van der Waals surface area contributed by atoms with Gasteiger partial charge in [-0.1, -0.05) is 19.1 Å². The number of amides is 1. The third kappa shape index (κ3) is 3.97. The fourth-order valence-corrected chi connectivity index (χ4v) is 3.12. The number of aryl methyl sites for hydroxylation is 2. The van der Waals surface area contributed by atoms with Gasteiger partial charge in [0.05, 0.1) is 17.5 Å². The van der Waals surface area contributed by atoms with Crippen molar-refractivity contribution in [3.05, 3.63) is 46.0 Å². The second-order valence-corrected chi connectivity index (χ2v) is 6.48. The maximum Gasteiger partial charge on any atom is 0.307 e. The number of nitrogens with zero attached hydrogens (tertiary/aromatic N) is 3. The van der Waals surface area contributed by atoms with E-state index in [1.807, 2.05) is 13.0 Å². The Labute approximate surface area is 155 Å². The number of rotatable bonds is 5. The van der Waals surface area contributed by atoms with Gasteiger partial charge in [0.2, 0.25) is 11.9 Å². The summed E-state index contributed by atoms with van der Waals surface area (Å²) in [6.45, 7) is 3.63. The molecule has 0 radical (unpaired) electrons. The van der Waals surface area contributed by atoms with Crippen LogP contribution in [0, 0.1) is 18.8 Å². The van der Waals surface area contributed by atoms with Gasteiger partial charge in [0.1, 0.15) is 5.82 Å². The number of aromatic nitrogens is 4. The summed E-state index contributed by atoms with van der Waals surface area (Å²) in [7, 11) is 0. The van der Waals surface area contributed by atoms with Gasteiger partial charge in [-0.2, -0.15) is 9.78 Å². The van der Waals surface area contributed by atoms with Crippen molar-refractivity contribution in [1.29, 1.82) is 0 Å². The number of nitrogens with one attached hydrogen (secondary N) is 2. The lowest BCUT2D eigenvalue weighted by Crippen LogP contribution is -2.35. The Bertz CT molecular complexity index is 959. The van der Waals surface area contributed by atoms with Crippen molar-refractivity contribution in [1.82, 2.24) is 19.7 Å². The molecule has 0 saturated heterocycles. The Hall–Kier alpha value is -3.23. The molecule has 0 bridgehead atoms. The number of hydrogen-bond acceptors (Lipinski definition) is 5. The number of aromatic amines is 1. The van der Waals surface area contributed by atoms with Crippen molar-refractivity contribution in [3.63, 3.8) is 0 Å². The minimum Gasteiger partial charge on any atom is -0.481 e. The van der Waals surface area contributed by atoms with Gasteiger partial charge in [-0.25, -0.2) is 4.98 Å². The lowest BCUT2D eigenvalue weighted by atomic mass is 9.82. The molecule has 0 aromatic carbocycles. The molecule has 0 unspecified atom stereocenters. The van der Waals surface area contributed by atoms with Gasteiger partial charge in [-0.05, 0) is 26.2 Å². The van der Waals surface area contributed by atoms with E-state index in [2.05, 4.69) is 20.4 Å². The average molecular weight is 371 g/mol. The second kappa shape index (κ2) is 7.56. The highest BCUT2D eigenvalue weighted by Gasteiger charge is 2.34. The molecule has 0 saturated carbocycles. The van der Waals surface area contributed by atoms with E-state index in [1.54, 1.807) is 19.1 Å². The van der Waals surface area contributed by atoms with Crippen LogP contribution in [0.2, 0.25) is 0 Å². The van der Waals surface area contributed by atoms with E-state index < -0.39 is 23.7 Å². The number of anilines is 1. The van der Waals surface area contributed by atoms with Crippen molar-refractivity contribution in [2.75, 3.05) is 5.32 Å². The van der Waals surface area contributed by atoms with Crippen LogP contribution in [0.3, 0.4) is 0 Å². The lowest BCUT2D eigenvalue weighted by molar-refractivity contribution is -0.146. The summed E-state index contributed by atoms with van der Waals surface area (Å²) in [5.74, 6) is -2.32. The zero-order valence-electron chi connectivity index (χ0n) is 15.1. The van der Waals surface area contributed by atoms with Crippen LogP contribution in [-0.2, 0) is 16.0 Å². The molecular weight excluding hydrogens is 350 g/mol. The van der Waals surface area contributed by atoms with Crippen LogP contribution in [0.15, 0.2) is 29.1 Å². The summed E-state index contributed by atoms with van der Waals surface area (Å²) < 4.78 is 1.35. The monoisotopic (exact) mass is 371 g/mol. The van der Waals surface area contributed by atoms with Gasteiger partial charge in [-0.15, -0.1) is 0 Å². The number of carbonyl (C=O) groups is 2. The fraction of sp³-hybridized carbons (Fsp3) is 0.389. The topological polar surface area (TPSA) is 130 Å². The molecule has 1 amide bonds. The standard InChI is InChI=1S/C18H21N5O4/c1-3-11-9-15(24)21-18(19-11)23-14(8-10(2)22-23)20-16(25)12-6-4-5-7-13(12)17(26)27/h4-5,8-9,12-13H,3,6-7H2,1-2H3,(H,20,25)(H,26,27)(H,19,21,24)/t12-,13+/m1/s1. The van der Waals surface area contributed by atoms with Crippen molar-refractivity contribution >= 4 is 17.7 Å². The summed E-state index contributed by atoms with van der Waals surface area (Å²) in [5.41, 5.74) is 0.904. The second-order valence-electron chi connectivity index (χ2n) is 6.48. The minimum atomic E-state index is -0.995. The third-order valence-electron chi connectivity index (χ3n) is 4.51. The average Bonchev–Trinajstić information content (AvgIpc) is 3.01. The molecule has 2 aromatic heterocycles. The van der Waals surface area contributed by atoms with Crippen LogP contribution in [0.5, 0.6) is 0 Å². The quantitative estimate of drug-likeness (QED) is 0.682. The van der Waals surface area contributed by atoms with Gasteiger partial charge in [0, 0.05) is 17.8 Å². The molecule has 1 aliphatic rings. The molecule has 0 fully saturated rings. The molecule has 1 aliphatic carbocycles. The highest BCUT2D eigenvalue weighted by molar-refractivity contribution is 5.95. The zero-order chi connectivity index (χ0) is 19.6. The first-order valence-electron chi connectivity index (χ1n) is 8.75. The van der Waals surface area contributed by atoms with Gasteiger partial charge >= 0.3 is 5.97 Å². The largest absolute Gasteiger partial charge is 0.481 e. The molecule has 2 heterocycles. The Kier molecular flexibility index (Phi) is 5.20. The van der Waals surface area contributed by atoms with E-state index in [4.69, 9.17) is 0 Å². The predicted molar refractivity (Wildman–Crippen MR) is 97.7 cm³/mol. The molecule has 0 aliphatic heterocycles. The Morgan fingerprint density at radius 2 is 2.00 bits per heavy atom. The van der Waals surface area contributed by atoms with E-state index in [0.717, 1.165) is 0 Å². The Morgan fingerprint density at radius 1 is 1.30 bits per heavy atom. The lowest BCUT2D eigenvalue weighted by Gasteiger charge is -2.24. The van der Waals surface area contributed by atoms with Crippen molar-refractivity contribution in [3.8, 4) is 5.95 Å². The Morgan fingerprint density at radius 3 is 2.67 bits per heavy atom. The van der Waals surface area contributed by atoms with E-state index >= 15 is 0 Å². The molecule has 27 heavy (non-hydrogen) atoms. The van der Waals surface area contributed by atoms with E-state index in [9.17, 15) is 19.5 Å². The van der Waals surface area contributed by atoms with Crippen molar-refractivity contribution in [2.24, 2.45) is 11.8 Å². The van der Waals surface area contributed by atoms with Crippen LogP contribution >= 0.6 is 0 Å². The molecule has 9 heteroatoms. The molecule has 3 rings (SSSR count). The first-order chi connectivity index (χ1) is 12.9. The van der Waals surface area contributed by atoms with Crippen LogP contribution in [0.4, 0.5) is 5.82 Å². The highest BCUT2D eigenvalue weighted by atomic mass is 16.4. The van der Waals surface area contributed by atoms with Gasteiger partial charge in [0.25, 0.3) is 5.56 Å². The van der Waals surface area contributed by atoms with Gasteiger partial charge < -0.3 is 10.4 Å². The van der Waals surface area contributed by atoms with Crippen LogP contribution in [0.1, 0.15) is 31.2 Å². The maximum atomic E-state index is 12.7. The van der Waals surface area contributed by atoms with E-state index in [1.165, 1.54) is 10.7 Å². The van der Waals surface area contributed by atoms with Crippen LogP contribution in [-0.4, -0.2) is 36.7 Å². The predicted octanol–water partition coefficient (Wildman–Crippen LogP) is 1.43. The summed E-state index contributed by atoms with van der Waals surface area (Å²) in [6.07, 6.45) is 4.85. The number of carbonyl (C=O) groups excluding carboxylic acids is 1. The number of carboxylic acid groups (broad SMARTS) is 1. The first kappa shape index (κ1) is 18.6.